The fourth-order valence-electron chi connectivity index (χ4n) is 3.57. The van der Waals surface area contributed by atoms with Gasteiger partial charge in [0.2, 0.25) is 21.8 Å². The molecule has 30 heavy (non-hydrogen) atoms. The van der Waals surface area contributed by atoms with Crippen LogP contribution in [0.5, 0.6) is 0 Å². The van der Waals surface area contributed by atoms with Gasteiger partial charge >= 0.3 is 0 Å². The molecule has 3 N–H and O–H groups in total. The molecule has 2 fully saturated rings. The van der Waals surface area contributed by atoms with Crippen molar-refractivity contribution in [1.29, 1.82) is 0 Å². The Morgan fingerprint density at radius 2 is 1.87 bits per heavy atom. The number of likely N-dealkylation sites (N-methyl/N-ethyl adjacent to an activating group) is 1. The molecule has 3 rings (SSSR count). The van der Waals surface area contributed by atoms with Gasteiger partial charge in [-0.05, 0) is 25.6 Å². The molecule has 1 atom stereocenters. The maximum absolute atomic E-state index is 15.0. The Labute approximate surface area is 173 Å². The monoisotopic (exact) mass is 445 g/mol. The van der Waals surface area contributed by atoms with Crippen molar-refractivity contribution in [3.05, 3.63) is 23.8 Å². The SMILES string of the molecule is CN1CCN(C(=O)[C@H](CN)NS(=O)(=O)c2c(F)ccc(N3CCCC3=O)c2F)CC1. The van der Waals surface area contributed by atoms with Gasteiger partial charge in [0.05, 0.1) is 5.69 Å². The van der Waals surface area contributed by atoms with Crippen LogP contribution < -0.4 is 15.4 Å². The van der Waals surface area contributed by atoms with E-state index >= 15 is 4.39 Å². The molecule has 0 radical (unpaired) electrons. The molecule has 166 valence electrons. The summed E-state index contributed by atoms with van der Waals surface area (Å²) in [7, 11) is -2.88. The van der Waals surface area contributed by atoms with Crippen molar-refractivity contribution in [2.45, 2.75) is 23.8 Å². The highest BCUT2D eigenvalue weighted by Gasteiger charge is 2.35. The number of rotatable bonds is 6. The zero-order valence-corrected chi connectivity index (χ0v) is 17.4. The number of carbonyl (C=O) groups excluding carboxylic acids is 2. The van der Waals surface area contributed by atoms with Crippen LogP contribution in [0.15, 0.2) is 17.0 Å². The summed E-state index contributed by atoms with van der Waals surface area (Å²) in [5, 5.41) is 0. The largest absolute Gasteiger partial charge is 0.339 e. The minimum Gasteiger partial charge on any atom is -0.339 e. The summed E-state index contributed by atoms with van der Waals surface area (Å²) in [4.78, 5) is 27.9. The van der Waals surface area contributed by atoms with Crippen molar-refractivity contribution in [1.82, 2.24) is 14.5 Å². The third-order valence-corrected chi connectivity index (χ3v) is 6.81. The third kappa shape index (κ3) is 4.46. The van der Waals surface area contributed by atoms with Crippen LogP contribution in [0.25, 0.3) is 0 Å². The second kappa shape index (κ2) is 8.92. The van der Waals surface area contributed by atoms with Gasteiger partial charge in [-0.15, -0.1) is 0 Å². The maximum Gasteiger partial charge on any atom is 0.247 e. The summed E-state index contributed by atoms with van der Waals surface area (Å²) in [6, 6.07) is 0.454. The Kier molecular flexibility index (Phi) is 6.70. The zero-order chi connectivity index (χ0) is 22.1. The smallest absolute Gasteiger partial charge is 0.247 e. The van der Waals surface area contributed by atoms with Gasteiger partial charge in [0, 0.05) is 45.7 Å². The molecule has 0 unspecified atom stereocenters. The lowest BCUT2D eigenvalue weighted by atomic mass is 10.2. The average molecular weight is 445 g/mol. The van der Waals surface area contributed by atoms with Crippen molar-refractivity contribution in [2.24, 2.45) is 5.73 Å². The number of sulfonamides is 1. The topological polar surface area (TPSA) is 116 Å². The second-order valence-electron chi connectivity index (χ2n) is 7.40. The van der Waals surface area contributed by atoms with Crippen molar-refractivity contribution in [2.75, 3.05) is 51.2 Å². The van der Waals surface area contributed by atoms with Crippen LogP contribution in [0.4, 0.5) is 14.5 Å². The van der Waals surface area contributed by atoms with Crippen molar-refractivity contribution < 1.29 is 26.8 Å². The molecular weight excluding hydrogens is 420 g/mol. The highest BCUT2D eigenvalue weighted by molar-refractivity contribution is 7.89. The number of hydrogen-bond donors (Lipinski definition) is 2. The number of nitrogens with zero attached hydrogens (tertiary/aromatic N) is 3. The van der Waals surface area contributed by atoms with Crippen molar-refractivity contribution >= 4 is 27.5 Å². The summed E-state index contributed by atoms with van der Waals surface area (Å²) in [5.41, 5.74) is 5.28. The van der Waals surface area contributed by atoms with E-state index in [1.807, 2.05) is 16.7 Å². The number of anilines is 1. The van der Waals surface area contributed by atoms with Crippen LogP contribution in [0.1, 0.15) is 12.8 Å². The van der Waals surface area contributed by atoms with E-state index in [2.05, 4.69) is 0 Å². The van der Waals surface area contributed by atoms with E-state index in [4.69, 9.17) is 5.73 Å². The fourth-order valence-corrected chi connectivity index (χ4v) is 4.93. The highest BCUT2D eigenvalue weighted by atomic mass is 32.2. The molecule has 2 saturated heterocycles. The number of hydrogen-bond acceptors (Lipinski definition) is 6. The number of halogens is 2. The van der Waals surface area contributed by atoms with Gasteiger partial charge in [-0.2, -0.15) is 4.72 Å². The first-order chi connectivity index (χ1) is 14.2. The first-order valence-corrected chi connectivity index (χ1v) is 11.1. The number of carbonyl (C=O) groups is 2. The minimum absolute atomic E-state index is 0.200. The van der Waals surface area contributed by atoms with Crippen LogP contribution in [0, 0.1) is 11.6 Å². The Morgan fingerprint density at radius 3 is 2.43 bits per heavy atom. The molecule has 1 aromatic rings. The minimum atomic E-state index is -4.77. The van der Waals surface area contributed by atoms with Gasteiger partial charge in [-0.1, -0.05) is 0 Å². The lowest BCUT2D eigenvalue weighted by Gasteiger charge is -2.34. The summed E-state index contributed by atoms with van der Waals surface area (Å²) in [5.74, 6) is -3.62. The second-order valence-corrected chi connectivity index (χ2v) is 9.05. The average Bonchev–Trinajstić information content (AvgIpc) is 3.12. The maximum atomic E-state index is 15.0. The molecule has 12 heteroatoms. The molecule has 2 aliphatic rings. The Morgan fingerprint density at radius 1 is 1.20 bits per heavy atom. The molecule has 2 aliphatic heterocycles. The summed E-state index contributed by atoms with van der Waals surface area (Å²) in [6.07, 6.45) is 0.691. The molecule has 9 nitrogen and oxygen atoms in total. The molecule has 2 amide bonds. The quantitative estimate of drug-likeness (QED) is 0.608. The van der Waals surface area contributed by atoms with Gasteiger partial charge in [-0.25, -0.2) is 17.2 Å². The molecule has 2 heterocycles. The first kappa shape index (κ1) is 22.5. The van der Waals surface area contributed by atoms with E-state index in [0.717, 1.165) is 17.0 Å². The highest BCUT2D eigenvalue weighted by Crippen LogP contribution is 2.30. The number of nitrogens with one attached hydrogen (secondary N) is 1. The number of amides is 2. The zero-order valence-electron chi connectivity index (χ0n) is 16.6. The first-order valence-electron chi connectivity index (χ1n) is 9.64. The predicted octanol–water partition coefficient (Wildman–Crippen LogP) is -0.529. The Balaban J connectivity index is 1.87. The molecular formula is C18H25F2N5O4S. The third-order valence-electron chi connectivity index (χ3n) is 5.31. The summed E-state index contributed by atoms with van der Waals surface area (Å²) >= 11 is 0. The molecule has 1 aromatic carbocycles. The van der Waals surface area contributed by atoms with Gasteiger partial charge in [0.25, 0.3) is 0 Å². The van der Waals surface area contributed by atoms with Gasteiger partial charge in [0.1, 0.15) is 11.9 Å². The van der Waals surface area contributed by atoms with Crippen LogP contribution >= 0.6 is 0 Å². The normalized spacial score (nSPS) is 19.4. The van der Waals surface area contributed by atoms with Crippen LogP contribution in [0.2, 0.25) is 0 Å². The van der Waals surface area contributed by atoms with Crippen LogP contribution in [-0.2, 0) is 19.6 Å². The number of piperazine rings is 1. The standard InChI is InChI=1S/C18H25F2N5O4S/c1-23-7-9-24(10-8-23)18(27)13(11-21)22-30(28,29)17-12(19)4-5-14(16(17)20)25-6-2-3-15(25)26/h4-5,13,22H,2-3,6-11,21H2,1H3/t13-/m0/s1. The molecule has 0 bridgehead atoms. The van der Waals surface area contributed by atoms with Gasteiger partial charge in [0.15, 0.2) is 10.7 Å². The van der Waals surface area contributed by atoms with E-state index in [9.17, 15) is 22.4 Å². The number of benzene rings is 1. The fraction of sp³-hybridized carbons (Fsp3) is 0.556. The lowest BCUT2D eigenvalue weighted by Crippen LogP contribution is -2.56. The van der Waals surface area contributed by atoms with E-state index in [1.165, 1.54) is 4.90 Å². The molecule has 0 aromatic heterocycles. The number of nitrogens with two attached hydrogens (primary N) is 1. The summed E-state index contributed by atoms with van der Waals surface area (Å²) < 4.78 is 57.0. The van der Waals surface area contributed by atoms with E-state index in [-0.39, 0.29) is 31.1 Å². The van der Waals surface area contributed by atoms with Crippen molar-refractivity contribution in [3.8, 4) is 0 Å². The van der Waals surface area contributed by atoms with E-state index < -0.39 is 38.5 Å². The van der Waals surface area contributed by atoms with E-state index in [1.54, 1.807) is 0 Å². The predicted molar refractivity (Wildman–Crippen MR) is 105 cm³/mol. The summed E-state index contributed by atoms with van der Waals surface area (Å²) in [6.45, 7) is 1.85. The van der Waals surface area contributed by atoms with Gasteiger partial charge < -0.3 is 20.4 Å². The Hall–Kier alpha value is -2.15. The van der Waals surface area contributed by atoms with Crippen LogP contribution in [0.3, 0.4) is 0 Å². The van der Waals surface area contributed by atoms with E-state index in [0.29, 0.717) is 32.6 Å². The molecule has 0 spiro atoms. The lowest BCUT2D eigenvalue weighted by molar-refractivity contribution is -0.134. The van der Waals surface area contributed by atoms with Crippen LogP contribution in [-0.4, -0.2) is 82.4 Å². The molecule has 0 saturated carbocycles. The molecule has 0 aliphatic carbocycles. The Bertz CT molecular complexity index is 935. The van der Waals surface area contributed by atoms with Crippen molar-refractivity contribution in [3.63, 3.8) is 0 Å². The van der Waals surface area contributed by atoms with Gasteiger partial charge in [-0.3, -0.25) is 9.59 Å².